The summed E-state index contributed by atoms with van der Waals surface area (Å²) in [7, 11) is 0. The summed E-state index contributed by atoms with van der Waals surface area (Å²) in [5, 5.41) is 4.44. The first kappa shape index (κ1) is 13.1. The lowest BCUT2D eigenvalue weighted by molar-refractivity contribution is 0.0783. The van der Waals surface area contributed by atoms with Crippen LogP contribution >= 0.6 is 0 Å². The molecule has 1 amide bonds. The van der Waals surface area contributed by atoms with Crippen LogP contribution < -0.4 is 5.73 Å². The highest BCUT2D eigenvalue weighted by Gasteiger charge is 2.27. The Balaban J connectivity index is 2.22. The first-order chi connectivity index (χ1) is 8.29. The number of aryl methyl sites for hydroxylation is 1. The summed E-state index contributed by atoms with van der Waals surface area (Å²) in [6.45, 7) is 9.58. The highest BCUT2D eigenvalue weighted by atomic mass is 16.2. The fourth-order valence-corrected chi connectivity index (χ4v) is 2.39. The number of carbonyl (C=O) groups is 1. The van der Waals surface area contributed by atoms with Crippen LogP contribution in [0.25, 0.3) is 0 Å². The zero-order valence-electron chi connectivity index (χ0n) is 11.6. The molecule has 1 saturated heterocycles. The second kappa shape index (κ2) is 4.39. The zero-order chi connectivity index (χ0) is 13.5. The van der Waals surface area contributed by atoms with Gasteiger partial charge in [-0.25, -0.2) is 0 Å². The van der Waals surface area contributed by atoms with Crippen LogP contribution in [0.3, 0.4) is 0 Å². The van der Waals surface area contributed by atoms with Gasteiger partial charge >= 0.3 is 0 Å². The van der Waals surface area contributed by atoms with Crippen molar-refractivity contribution < 1.29 is 4.79 Å². The van der Waals surface area contributed by atoms with E-state index in [0.717, 1.165) is 18.7 Å². The number of aromatic nitrogens is 2. The normalized spacial score (nSPS) is 20.5. The van der Waals surface area contributed by atoms with Gasteiger partial charge in [0, 0.05) is 24.8 Å². The van der Waals surface area contributed by atoms with Crippen LogP contribution in [0.2, 0.25) is 0 Å². The molecule has 1 aromatic heterocycles. The molecule has 1 unspecified atom stereocenters. The van der Waals surface area contributed by atoms with Gasteiger partial charge in [0.05, 0.1) is 5.54 Å². The molecule has 1 atom stereocenters. The SMILES string of the molecule is Cc1cc(C(=O)N2CCC(N)C2)nn1C(C)(C)C. The molecular formula is C13H22N4O. The van der Waals surface area contributed by atoms with E-state index in [9.17, 15) is 4.79 Å². The molecule has 1 aromatic rings. The number of nitrogens with two attached hydrogens (primary N) is 1. The van der Waals surface area contributed by atoms with Crippen LogP contribution in [-0.4, -0.2) is 39.7 Å². The summed E-state index contributed by atoms with van der Waals surface area (Å²) in [6, 6.07) is 1.97. The minimum atomic E-state index is -0.107. The third-order valence-corrected chi connectivity index (χ3v) is 3.25. The average Bonchev–Trinajstić information content (AvgIpc) is 2.82. The summed E-state index contributed by atoms with van der Waals surface area (Å²) in [6.07, 6.45) is 0.880. The number of nitrogens with zero attached hydrogens (tertiary/aromatic N) is 3. The van der Waals surface area contributed by atoms with Crippen LogP contribution in [0, 0.1) is 6.92 Å². The second-order valence-electron chi connectivity index (χ2n) is 6.05. The van der Waals surface area contributed by atoms with Crippen LogP contribution in [0.1, 0.15) is 43.4 Å². The van der Waals surface area contributed by atoms with Gasteiger partial charge in [0.1, 0.15) is 0 Å². The molecule has 2 heterocycles. The average molecular weight is 250 g/mol. The maximum Gasteiger partial charge on any atom is 0.274 e. The molecule has 1 fully saturated rings. The van der Waals surface area contributed by atoms with E-state index in [0.29, 0.717) is 12.2 Å². The fraction of sp³-hybridized carbons (Fsp3) is 0.692. The molecule has 1 aliphatic rings. The van der Waals surface area contributed by atoms with E-state index in [1.807, 2.05) is 17.7 Å². The molecule has 1 aliphatic heterocycles. The predicted octanol–water partition coefficient (Wildman–Crippen LogP) is 1.12. The second-order valence-corrected chi connectivity index (χ2v) is 6.05. The molecule has 100 valence electrons. The Morgan fingerprint density at radius 3 is 2.61 bits per heavy atom. The smallest absolute Gasteiger partial charge is 0.274 e. The van der Waals surface area contributed by atoms with Gasteiger partial charge in [0.15, 0.2) is 5.69 Å². The third-order valence-electron chi connectivity index (χ3n) is 3.25. The first-order valence-corrected chi connectivity index (χ1v) is 6.41. The number of hydrogen-bond donors (Lipinski definition) is 1. The van der Waals surface area contributed by atoms with Crippen molar-refractivity contribution >= 4 is 5.91 Å². The molecule has 0 radical (unpaired) electrons. The van der Waals surface area contributed by atoms with Gasteiger partial charge in [-0.05, 0) is 40.2 Å². The number of rotatable bonds is 1. The van der Waals surface area contributed by atoms with E-state index >= 15 is 0 Å². The Morgan fingerprint density at radius 2 is 2.17 bits per heavy atom. The molecule has 0 spiro atoms. The molecule has 0 saturated carbocycles. The van der Waals surface area contributed by atoms with Gasteiger partial charge in [-0.1, -0.05) is 0 Å². The Hall–Kier alpha value is -1.36. The molecule has 5 heteroatoms. The predicted molar refractivity (Wildman–Crippen MR) is 70.5 cm³/mol. The van der Waals surface area contributed by atoms with Crippen LogP contribution in [0.5, 0.6) is 0 Å². The first-order valence-electron chi connectivity index (χ1n) is 6.41. The lowest BCUT2D eigenvalue weighted by Gasteiger charge is -2.21. The molecule has 2 N–H and O–H groups in total. The molecule has 0 aromatic carbocycles. The van der Waals surface area contributed by atoms with Gasteiger partial charge < -0.3 is 10.6 Å². The Kier molecular flexibility index (Phi) is 3.19. The van der Waals surface area contributed by atoms with Gasteiger partial charge in [0.25, 0.3) is 5.91 Å². The molecule has 5 nitrogen and oxygen atoms in total. The van der Waals surface area contributed by atoms with Crippen molar-refractivity contribution in [3.05, 3.63) is 17.5 Å². The summed E-state index contributed by atoms with van der Waals surface area (Å²) in [4.78, 5) is 14.1. The number of hydrogen-bond acceptors (Lipinski definition) is 3. The largest absolute Gasteiger partial charge is 0.336 e. The standard InChI is InChI=1S/C13H22N4O/c1-9-7-11(15-17(9)13(2,3)4)12(18)16-6-5-10(14)8-16/h7,10H,5-6,8,14H2,1-4H3. The summed E-state index contributed by atoms with van der Waals surface area (Å²) < 4.78 is 1.90. The number of amides is 1. The summed E-state index contributed by atoms with van der Waals surface area (Å²) in [5.41, 5.74) is 7.25. The Bertz CT molecular complexity index is 458. The van der Waals surface area contributed by atoms with E-state index in [4.69, 9.17) is 5.73 Å². The minimum Gasteiger partial charge on any atom is -0.336 e. The molecule has 0 bridgehead atoms. The van der Waals surface area contributed by atoms with Crippen molar-refractivity contribution in [2.24, 2.45) is 5.73 Å². The number of carbonyl (C=O) groups excluding carboxylic acids is 1. The Labute approximate surface area is 108 Å². The van der Waals surface area contributed by atoms with Crippen molar-refractivity contribution in [3.8, 4) is 0 Å². The topological polar surface area (TPSA) is 64.2 Å². The van der Waals surface area contributed by atoms with Crippen molar-refractivity contribution in [1.82, 2.24) is 14.7 Å². The van der Waals surface area contributed by atoms with Crippen LogP contribution in [0.15, 0.2) is 6.07 Å². The maximum atomic E-state index is 12.3. The highest BCUT2D eigenvalue weighted by molar-refractivity contribution is 5.92. The van der Waals surface area contributed by atoms with E-state index in [1.54, 1.807) is 4.90 Å². The Morgan fingerprint density at radius 1 is 1.50 bits per heavy atom. The van der Waals surface area contributed by atoms with Gasteiger partial charge in [-0.3, -0.25) is 9.48 Å². The summed E-state index contributed by atoms with van der Waals surface area (Å²) >= 11 is 0. The third kappa shape index (κ3) is 2.41. The van der Waals surface area contributed by atoms with Gasteiger partial charge in [-0.2, -0.15) is 5.10 Å². The van der Waals surface area contributed by atoms with Crippen molar-refractivity contribution in [2.75, 3.05) is 13.1 Å². The minimum absolute atomic E-state index is 0.00551. The van der Waals surface area contributed by atoms with Crippen LogP contribution in [-0.2, 0) is 5.54 Å². The van der Waals surface area contributed by atoms with Crippen molar-refractivity contribution in [1.29, 1.82) is 0 Å². The monoisotopic (exact) mass is 250 g/mol. The van der Waals surface area contributed by atoms with Crippen molar-refractivity contribution in [3.63, 3.8) is 0 Å². The number of likely N-dealkylation sites (tertiary alicyclic amines) is 1. The van der Waals surface area contributed by atoms with E-state index < -0.39 is 0 Å². The van der Waals surface area contributed by atoms with Gasteiger partial charge in [-0.15, -0.1) is 0 Å². The lowest BCUT2D eigenvalue weighted by atomic mass is 10.1. The zero-order valence-corrected chi connectivity index (χ0v) is 11.6. The summed E-state index contributed by atoms with van der Waals surface area (Å²) in [5.74, 6) is -0.00551. The van der Waals surface area contributed by atoms with E-state index in [-0.39, 0.29) is 17.5 Å². The molecule has 2 rings (SSSR count). The quantitative estimate of drug-likeness (QED) is 0.812. The van der Waals surface area contributed by atoms with E-state index in [2.05, 4.69) is 25.9 Å². The van der Waals surface area contributed by atoms with E-state index in [1.165, 1.54) is 0 Å². The highest BCUT2D eigenvalue weighted by Crippen LogP contribution is 2.18. The molecular weight excluding hydrogens is 228 g/mol. The fourth-order valence-electron chi connectivity index (χ4n) is 2.39. The van der Waals surface area contributed by atoms with Crippen LogP contribution in [0.4, 0.5) is 0 Å². The molecule has 0 aliphatic carbocycles. The van der Waals surface area contributed by atoms with Gasteiger partial charge in [0.2, 0.25) is 0 Å². The maximum absolute atomic E-state index is 12.3. The van der Waals surface area contributed by atoms with Crippen molar-refractivity contribution in [2.45, 2.75) is 45.7 Å². The molecule has 18 heavy (non-hydrogen) atoms. The lowest BCUT2D eigenvalue weighted by Crippen LogP contribution is -2.32.